The number of hydrogen-bond acceptors (Lipinski definition) is 8. The van der Waals surface area contributed by atoms with Crippen LogP contribution in [-0.2, 0) is 0 Å². The van der Waals surface area contributed by atoms with Gasteiger partial charge in [0.25, 0.3) is 0 Å². The third-order valence-corrected chi connectivity index (χ3v) is 6.51. The first-order valence-electron chi connectivity index (χ1n) is 12.4. The number of rotatable bonds is 0. The van der Waals surface area contributed by atoms with Crippen molar-refractivity contribution in [2.24, 2.45) is 0 Å². The number of hydrogen-bond donors (Lipinski definition) is 0. The highest BCUT2D eigenvalue weighted by molar-refractivity contribution is 6.03. The van der Waals surface area contributed by atoms with Gasteiger partial charge in [-0.25, -0.2) is 19.2 Å². The summed E-state index contributed by atoms with van der Waals surface area (Å²) in [5.41, 5.74) is 1.83. The van der Waals surface area contributed by atoms with Crippen molar-refractivity contribution >= 4 is 23.9 Å². The molecule has 0 atom stereocenters. The van der Waals surface area contributed by atoms with Gasteiger partial charge in [0.2, 0.25) is 0 Å². The molecule has 8 heteroatoms. The zero-order valence-corrected chi connectivity index (χ0v) is 22.2. The highest BCUT2D eigenvalue weighted by Crippen LogP contribution is 2.34. The second-order valence-corrected chi connectivity index (χ2v) is 9.36. The lowest BCUT2D eigenvalue weighted by atomic mass is 10.1. The second-order valence-electron chi connectivity index (χ2n) is 9.36. The molecule has 0 bridgehead atoms. The number of ether oxygens (including phenoxy) is 4. The molecule has 0 spiro atoms. The summed E-state index contributed by atoms with van der Waals surface area (Å²) in [6.45, 7) is 6.69. The summed E-state index contributed by atoms with van der Waals surface area (Å²) in [6, 6.07) is 19.0. The summed E-state index contributed by atoms with van der Waals surface area (Å²) in [6.07, 6.45) is 0. The monoisotopic (exact) mass is 536 g/mol. The summed E-state index contributed by atoms with van der Waals surface area (Å²) >= 11 is 0. The van der Waals surface area contributed by atoms with Crippen LogP contribution in [0.25, 0.3) is 0 Å². The molecule has 0 amide bonds. The Bertz CT molecular complexity index is 1460. The summed E-state index contributed by atoms with van der Waals surface area (Å²) in [5, 5.41) is 0. The summed E-state index contributed by atoms with van der Waals surface area (Å²) in [5.74, 6) is -3.46. The number of carbonyl (C=O) groups excluding carboxylic acids is 4. The number of fused-ring (bicyclic) bond motifs is 4. The Balaban J connectivity index is 1.73. The molecule has 0 aliphatic carbocycles. The first-order valence-corrected chi connectivity index (χ1v) is 12.4. The Morgan fingerprint density at radius 3 is 0.750 bits per heavy atom. The van der Waals surface area contributed by atoms with Crippen molar-refractivity contribution in [2.75, 3.05) is 0 Å². The SMILES string of the molecule is Cc1cccc2c1OC(=O)c1cccc(C)c1OC(=O)c1cccc(C)c1OC(=O)c1cccc(C)c1OC2=O. The van der Waals surface area contributed by atoms with Gasteiger partial charge in [-0.3, -0.25) is 0 Å². The molecule has 4 aromatic carbocycles. The van der Waals surface area contributed by atoms with E-state index in [0.29, 0.717) is 22.3 Å². The van der Waals surface area contributed by atoms with Gasteiger partial charge in [-0.15, -0.1) is 0 Å². The summed E-state index contributed by atoms with van der Waals surface area (Å²) < 4.78 is 22.9. The van der Waals surface area contributed by atoms with Crippen molar-refractivity contribution in [1.29, 1.82) is 0 Å². The van der Waals surface area contributed by atoms with E-state index in [2.05, 4.69) is 0 Å². The second kappa shape index (κ2) is 10.5. The lowest BCUT2D eigenvalue weighted by Crippen LogP contribution is -2.21. The van der Waals surface area contributed by atoms with Crippen molar-refractivity contribution in [2.45, 2.75) is 27.7 Å². The van der Waals surface area contributed by atoms with Gasteiger partial charge in [-0.2, -0.15) is 0 Å². The fourth-order valence-corrected chi connectivity index (χ4v) is 4.39. The maximum absolute atomic E-state index is 13.4. The van der Waals surface area contributed by atoms with Gasteiger partial charge in [-0.05, 0) is 74.2 Å². The van der Waals surface area contributed by atoms with Crippen LogP contribution in [0.15, 0.2) is 72.8 Å². The minimum Gasteiger partial charge on any atom is -0.422 e. The highest BCUT2D eigenvalue weighted by atomic mass is 16.6. The highest BCUT2D eigenvalue weighted by Gasteiger charge is 2.28. The average molecular weight is 537 g/mol. The molecule has 8 nitrogen and oxygen atoms in total. The Morgan fingerprint density at radius 1 is 0.350 bits per heavy atom. The van der Waals surface area contributed by atoms with Crippen LogP contribution in [0.4, 0.5) is 0 Å². The maximum atomic E-state index is 13.4. The lowest BCUT2D eigenvalue weighted by Gasteiger charge is -2.18. The molecule has 0 radical (unpaired) electrons. The Morgan fingerprint density at radius 2 is 0.550 bits per heavy atom. The van der Waals surface area contributed by atoms with Crippen LogP contribution >= 0.6 is 0 Å². The van der Waals surface area contributed by atoms with Crippen LogP contribution in [0.1, 0.15) is 63.7 Å². The molecule has 0 N–H and O–H groups in total. The topological polar surface area (TPSA) is 105 Å². The van der Waals surface area contributed by atoms with E-state index >= 15 is 0 Å². The van der Waals surface area contributed by atoms with Crippen LogP contribution < -0.4 is 18.9 Å². The summed E-state index contributed by atoms with van der Waals surface area (Å²) in [4.78, 5) is 53.8. The van der Waals surface area contributed by atoms with Crippen molar-refractivity contribution < 1.29 is 38.1 Å². The van der Waals surface area contributed by atoms with Gasteiger partial charge in [0, 0.05) is 0 Å². The molecular formula is C32H24O8. The van der Waals surface area contributed by atoms with Gasteiger partial charge in [0.05, 0.1) is 0 Å². The molecule has 4 aromatic rings. The zero-order valence-electron chi connectivity index (χ0n) is 22.2. The third-order valence-electron chi connectivity index (χ3n) is 6.51. The van der Waals surface area contributed by atoms with Gasteiger partial charge in [0.1, 0.15) is 45.3 Å². The average Bonchev–Trinajstić information content (AvgIpc) is 2.92. The number of benzene rings is 4. The minimum absolute atomic E-state index is 0.0259. The number of aryl methyl sites for hydroxylation is 4. The minimum atomic E-state index is -0.839. The molecule has 0 unspecified atom stereocenters. The fourth-order valence-electron chi connectivity index (χ4n) is 4.39. The summed E-state index contributed by atoms with van der Waals surface area (Å²) in [7, 11) is 0. The van der Waals surface area contributed by atoms with E-state index in [-0.39, 0.29) is 45.3 Å². The first kappa shape index (κ1) is 26.4. The molecule has 200 valence electrons. The van der Waals surface area contributed by atoms with E-state index in [4.69, 9.17) is 18.9 Å². The molecule has 1 heterocycles. The molecule has 40 heavy (non-hydrogen) atoms. The normalized spacial score (nSPS) is 13.5. The van der Waals surface area contributed by atoms with E-state index in [1.165, 1.54) is 24.3 Å². The molecule has 5 rings (SSSR count). The van der Waals surface area contributed by atoms with Crippen molar-refractivity contribution in [3.05, 3.63) is 117 Å². The van der Waals surface area contributed by atoms with Crippen molar-refractivity contribution in [3.63, 3.8) is 0 Å². The van der Waals surface area contributed by atoms with Gasteiger partial charge in [-0.1, -0.05) is 48.5 Å². The van der Waals surface area contributed by atoms with E-state index < -0.39 is 23.9 Å². The van der Waals surface area contributed by atoms with Crippen LogP contribution in [0.5, 0.6) is 23.0 Å². The standard InChI is InChI=1S/C32H24O8/c1-17-9-5-13-21-25(17)37-30(34)22-14-6-10-18(2)26(22)39-32(36)24-16-8-12-20(4)28(24)40-31(35)23-15-7-11-19(3)27(23)38-29(21)33/h5-16H,1-4H3. The zero-order chi connectivity index (χ0) is 28.6. The molecule has 0 aromatic heterocycles. The quantitative estimate of drug-likeness (QED) is 0.196. The molecule has 0 saturated carbocycles. The molecule has 1 aliphatic heterocycles. The smallest absolute Gasteiger partial charge is 0.347 e. The van der Waals surface area contributed by atoms with Crippen LogP contribution in [0.3, 0.4) is 0 Å². The molecule has 0 saturated heterocycles. The Hall–Kier alpha value is -5.24. The van der Waals surface area contributed by atoms with Gasteiger partial charge in [0.15, 0.2) is 0 Å². The fraction of sp³-hybridized carbons (Fsp3) is 0.125. The lowest BCUT2D eigenvalue weighted by molar-refractivity contribution is 0.0685. The van der Waals surface area contributed by atoms with E-state index in [1.54, 1.807) is 76.2 Å². The molecule has 0 fully saturated rings. The van der Waals surface area contributed by atoms with Gasteiger partial charge >= 0.3 is 23.9 Å². The van der Waals surface area contributed by atoms with E-state index in [9.17, 15) is 19.2 Å². The largest absolute Gasteiger partial charge is 0.422 e. The number of esters is 4. The van der Waals surface area contributed by atoms with Crippen LogP contribution in [0, 0.1) is 27.7 Å². The third kappa shape index (κ3) is 4.82. The van der Waals surface area contributed by atoms with Crippen LogP contribution in [0.2, 0.25) is 0 Å². The molecular weight excluding hydrogens is 512 g/mol. The van der Waals surface area contributed by atoms with E-state index in [0.717, 1.165) is 0 Å². The van der Waals surface area contributed by atoms with E-state index in [1.807, 2.05) is 0 Å². The first-order chi connectivity index (χ1) is 19.2. The number of carbonyl (C=O) groups is 4. The molecule has 1 aliphatic rings. The van der Waals surface area contributed by atoms with Crippen molar-refractivity contribution in [3.8, 4) is 23.0 Å². The predicted molar refractivity (Wildman–Crippen MR) is 145 cm³/mol. The van der Waals surface area contributed by atoms with Gasteiger partial charge < -0.3 is 18.9 Å². The predicted octanol–water partition coefficient (Wildman–Crippen LogP) is 6.11. The Labute approximate surface area is 230 Å². The number of para-hydroxylation sites is 4. The van der Waals surface area contributed by atoms with Crippen molar-refractivity contribution in [1.82, 2.24) is 0 Å². The Kier molecular flexibility index (Phi) is 6.92. The maximum Gasteiger partial charge on any atom is 0.347 e. The van der Waals surface area contributed by atoms with Crippen LogP contribution in [-0.4, -0.2) is 23.9 Å².